The molecule has 10 nitrogen and oxygen atoms in total. The Hall–Kier alpha value is -3.99. The second-order valence-corrected chi connectivity index (χ2v) is 10.9. The third-order valence-corrected chi connectivity index (χ3v) is 8.20. The Bertz CT molecular complexity index is 1690. The number of β-amino-alcohol motifs (C(OH)–C–C–N with tert-alkyl or cyclic N) is 1. The van der Waals surface area contributed by atoms with E-state index in [4.69, 9.17) is 21.3 Å². The van der Waals surface area contributed by atoms with Gasteiger partial charge in [0.2, 0.25) is 5.88 Å². The number of nitrogens with zero attached hydrogens (tertiary/aromatic N) is 4. The van der Waals surface area contributed by atoms with Crippen molar-refractivity contribution in [2.45, 2.75) is 25.1 Å². The smallest absolute Gasteiger partial charge is 0.330 e. The highest BCUT2D eigenvalue weighted by Crippen LogP contribution is 2.44. The summed E-state index contributed by atoms with van der Waals surface area (Å²) in [5, 5.41) is 13.3. The van der Waals surface area contributed by atoms with E-state index in [2.05, 4.69) is 10.2 Å². The Kier molecular flexibility index (Phi) is 7.74. The van der Waals surface area contributed by atoms with Crippen LogP contribution in [0.1, 0.15) is 34.1 Å². The van der Waals surface area contributed by atoms with Crippen molar-refractivity contribution in [1.29, 1.82) is 0 Å². The van der Waals surface area contributed by atoms with Gasteiger partial charge in [0.1, 0.15) is 11.1 Å². The third-order valence-electron chi connectivity index (χ3n) is 7.87. The molecule has 1 amide bonds. The Morgan fingerprint density at radius 3 is 2.61 bits per heavy atom. The number of hydrogen-bond acceptors (Lipinski definition) is 7. The average Bonchev–Trinajstić information content (AvgIpc) is 2.94. The van der Waals surface area contributed by atoms with Crippen molar-refractivity contribution in [3.63, 3.8) is 0 Å². The summed E-state index contributed by atoms with van der Waals surface area (Å²) in [7, 11) is 4.36. The summed E-state index contributed by atoms with van der Waals surface area (Å²) < 4.78 is 7.77. The van der Waals surface area contributed by atoms with E-state index in [1.807, 2.05) is 55.5 Å². The van der Waals surface area contributed by atoms with Crippen LogP contribution in [0.5, 0.6) is 5.88 Å². The summed E-state index contributed by atoms with van der Waals surface area (Å²) in [6.45, 7) is 3.66. The summed E-state index contributed by atoms with van der Waals surface area (Å²) >= 11 is 6.59. The molecule has 2 atom stereocenters. The molecular weight excluding hydrogens is 546 g/mol. The van der Waals surface area contributed by atoms with E-state index < -0.39 is 22.7 Å². The number of aromatic nitrogens is 3. The number of aliphatic hydroxyl groups excluding tert-OH is 1. The van der Waals surface area contributed by atoms with E-state index in [0.717, 1.165) is 21.3 Å². The highest BCUT2D eigenvalue weighted by Gasteiger charge is 2.43. The van der Waals surface area contributed by atoms with Gasteiger partial charge in [-0.05, 0) is 23.3 Å². The molecule has 2 unspecified atom stereocenters. The number of halogens is 1. The van der Waals surface area contributed by atoms with Gasteiger partial charge in [-0.2, -0.15) is 0 Å². The summed E-state index contributed by atoms with van der Waals surface area (Å²) in [5.41, 5.74) is 0.389. The van der Waals surface area contributed by atoms with Crippen LogP contribution in [-0.2, 0) is 26.2 Å². The fourth-order valence-corrected chi connectivity index (χ4v) is 5.75. The molecule has 2 aliphatic rings. The highest BCUT2D eigenvalue weighted by atomic mass is 35.5. The van der Waals surface area contributed by atoms with Crippen molar-refractivity contribution in [1.82, 2.24) is 24.3 Å². The van der Waals surface area contributed by atoms with Gasteiger partial charge in [-0.15, -0.1) is 0 Å². The number of allylic oxidation sites excluding steroid dienone is 2. The molecule has 3 heterocycles. The predicted octanol–water partition coefficient (Wildman–Crippen LogP) is 2.23. The van der Waals surface area contributed by atoms with Gasteiger partial charge in [-0.3, -0.25) is 19.1 Å². The van der Waals surface area contributed by atoms with Gasteiger partial charge in [0.25, 0.3) is 11.5 Å². The first-order valence-corrected chi connectivity index (χ1v) is 13.6. The molecule has 214 valence electrons. The number of ether oxygens (including phenoxy) is 1. The van der Waals surface area contributed by atoms with E-state index in [1.165, 1.54) is 32.0 Å². The zero-order chi connectivity index (χ0) is 29.5. The molecule has 41 heavy (non-hydrogen) atoms. The van der Waals surface area contributed by atoms with E-state index in [9.17, 15) is 19.5 Å². The number of hydrogen-bond donors (Lipinski definition) is 2. The zero-order valence-electron chi connectivity index (χ0n) is 23.3. The number of carbonyl (C=O) groups excluding carboxylic acids is 1. The maximum absolute atomic E-state index is 13.8. The van der Waals surface area contributed by atoms with E-state index in [1.54, 1.807) is 6.07 Å². The Labute approximate surface area is 242 Å². The first-order chi connectivity index (χ1) is 19.6. The lowest BCUT2D eigenvalue weighted by molar-refractivity contribution is -0.00332. The minimum atomic E-state index is -1.21. The Balaban J connectivity index is 1.61. The fraction of sp³-hybridized carbons (Fsp3) is 0.333. The fourth-order valence-electron chi connectivity index (χ4n) is 5.51. The number of rotatable bonds is 7. The lowest BCUT2D eigenvalue weighted by Crippen LogP contribution is -2.52. The number of nitrogens with one attached hydrogen (secondary N) is 1. The van der Waals surface area contributed by atoms with Gasteiger partial charge in [-0.25, -0.2) is 9.78 Å². The second kappa shape index (κ2) is 11.1. The Morgan fingerprint density at radius 1 is 1.20 bits per heavy atom. The molecule has 5 rings (SSSR count). The minimum absolute atomic E-state index is 0.177. The predicted molar refractivity (Wildman–Crippen MR) is 156 cm³/mol. The van der Waals surface area contributed by atoms with Crippen LogP contribution in [0.15, 0.2) is 70.4 Å². The lowest BCUT2D eigenvalue weighted by Gasteiger charge is -2.41. The monoisotopic (exact) mass is 577 g/mol. The van der Waals surface area contributed by atoms with Crippen LogP contribution >= 0.6 is 11.6 Å². The van der Waals surface area contributed by atoms with Crippen LogP contribution in [0.25, 0.3) is 5.57 Å². The summed E-state index contributed by atoms with van der Waals surface area (Å²) in [6, 6.07) is 11.2. The number of pyridine rings is 1. The number of amides is 1. The molecule has 3 aromatic rings. The van der Waals surface area contributed by atoms with Crippen molar-refractivity contribution in [2.75, 3.05) is 20.2 Å². The molecule has 1 saturated heterocycles. The number of benzene rings is 1. The molecule has 0 bridgehead atoms. The average molecular weight is 578 g/mol. The first-order valence-electron chi connectivity index (χ1n) is 13.2. The van der Waals surface area contributed by atoms with Crippen LogP contribution in [0.3, 0.4) is 0 Å². The van der Waals surface area contributed by atoms with Crippen LogP contribution < -0.4 is 21.3 Å². The molecule has 0 radical (unpaired) electrons. The molecule has 2 aromatic heterocycles. The van der Waals surface area contributed by atoms with Crippen molar-refractivity contribution < 1.29 is 14.6 Å². The van der Waals surface area contributed by atoms with Gasteiger partial charge in [0.15, 0.2) is 0 Å². The highest BCUT2D eigenvalue weighted by molar-refractivity contribution is 6.32. The van der Waals surface area contributed by atoms with E-state index >= 15 is 0 Å². The van der Waals surface area contributed by atoms with Gasteiger partial charge in [0.05, 0.1) is 18.9 Å². The third kappa shape index (κ3) is 5.14. The normalized spacial score (nSPS) is 20.8. The standard InChI is InChI=1S/C30H32ClN5O5/c1-18-21(22-8-5-6-10-24(22)31)9-7-13-30(18,33-26(38)23-17-34(2)29(40)35(3)28(23)39)25-12-11-19(27(32-25)41-4)14-36-15-20(37)16-36/h5-13,17-18,20,37H,14-16H2,1-4H3,(H,33,38). The summed E-state index contributed by atoms with van der Waals surface area (Å²) in [5.74, 6) is -0.649. The van der Waals surface area contributed by atoms with E-state index in [0.29, 0.717) is 36.2 Å². The molecule has 0 spiro atoms. The second-order valence-electron chi connectivity index (χ2n) is 10.5. The van der Waals surface area contributed by atoms with E-state index in [-0.39, 0.29) is 17.6 Å². The van der Waals surface area contributed by atoms with Crippen LogP contribution in [0.4, 0.5) is 0 Å². The number of methoxy groups -OCH3 is 1. The number of aryl methyl sites for hydroxylation is 1. The van der Waals surface area contributed by atoms with Gasteiger partial charge in [0, 0.05) is 56.4 Å². The maximum atomic E-state index is 13.8. The van der Waals surface area contributed by atoms with Crippen molar-refractivity contribution in [2.24, 2.45) is 20.0 Å². The largest absolute Gasteiger partial charge is 0.481 e. The Morgan fingerprint density at radius 2 is 1.93 bits per heavy atom. The summed E-state index contributed by atoms with van der Waals surface area (Å²) in [6.07, 6.45) is 6.54. The molecule has 0 saturated carbocycles. The molecule has 1 aromatic carbocycles. The molecule has 11 heteroatoms. The van der Waals surface area contributed by atoms with Crippen LogP contribution in [-0.4, -0.2) is 56.3 Å². The minimum Gasteiger partial charge on any atom is -0.481 e. The number of aliphatic hydroxyl groups is 1. The van der Waals surface area contributed by atoms with Crippen molar-refractivity contribution in [3.8, 4) is 5.88 Å². The van der Waals surface area contributed by atoms with Gasteiger partial charge < -0.3 is 19.7 Å². The van der Waals surface area contributed by atoms with Crippen molar-refractivity contribution in [3.05, 3.63) is 109 Å². The van der Waals surface area contributed by atoms with Gasteiger partial charge in [-0.1, -0.05) is 61.0 Å². The number of carbonyl (C=O) groups is 1. The maximum Gasteiger partial charge on any atom is 0.330 e. The molecule has 2 N–H and O–H groups in total. The molecular formula is C30H32ClN5O5. The van der Waals surface area contributed by atoms with Gasteiger partial charge >= 0.3 is 5.69 Å². The lowest BCUT2D eigenvalue weighted by atomic mass is 9.72. The zero-order valence-corrected chi connectivity index (χ0v) is 24.1. The SMILES string of the molecule is COc1nc(C2(NC(=O)c3cn(C)c(=O)n(C)c3=O)C=CC=C(c3ccccc3Cl)C2C)ccc1CN1CC(O)C1. The molecule has 1 fully saturated rings. The van der Waals surface area contributed by atoms with Crippen LogP contribution in [0, 0.1) is 5.92 Å². The summed E-state index contributed by atoms with van der Waals surface area (Å²) in [4.78, 5) is 46.0. The molecule has 1 aliphatic heterocycles. The van der Waals surface area contributed by atoms with Crippen LogP contribution in [0.2, 0.25) is 5.02 Å². The van der Waals surface area contributed by atoms with Crippen molar-refractivity contribution >= 4 is 23.1 Å². The quantitative estimate of drug-likeness (QED) is 0.442. The first kappa shape index (κ1) is 28.5. The topological polar surface area (TPSA) is 119 Å². The number of likely N-dealkylation sites (tertiary alicyclic amines) is 1. The molecule has 1 aliphatic carbocycles.